The van der Waals surface area contributed by atoms with Gasteiger partial charge in [0, 0.05) is 25.2 Å². The summed E-state index contributed by atoms with van der Waals surface area (Å²) in [6.07, 6.45) is -9.03. The fraction of sp³-hybridized carbons (Fsp3) is 0.364. The summed E-state index contributed by atoms with van der Waals surface area (Å²) < 4.78 is 68.4. The van der Waals surface area contributed by atoms with Crippen molar-refractivity contribution in [2.24, 2.45) is 5.73 Å². The number of nitrogens with two attached hydrogens (primary N) is 1. The zero-order valence-electron chi connectivity index (χ0n) is 20.8. The average Bonchev–Trinajstić information content (AvgIpc) is 2.86. The smallest absolute Gasteiger partial charge is 0.481 e. The predicted molar refractivity (Wildman–Crippen MR) is 125 cm³/mol. The van der Waals surface area contributed by atoms with E-state index in [2.05, 4.69) is 15.6 Å². The number of nitrogens with zero attached hydrogens (tertiary/aromatic N) is 1. The van der Waals surface area contributed by atoms with E-state index in [4.69, 9.17) is 35.4 Å². The molecule has 1 aromatic heterocycles. The van der Waals surface area contributed by atoms with Crippen LogP contribution in [0.5, 0.6) is 0 Å². The third kappa shape index (κ3) is 14.4. The number of carboxylic acid groups (broad SMARTS) is 3. The summed E-state index contributed by atoms with van der Waals surface area (Å²) in [5.74, 6) is -7.92. The number of halogens is 6. The highest BCUT2D eigenvalue weighted by Crippen LogP contribution is 2.16. The lowest BCUT2D eigenvalue weighted by atomic mass is 10.1. The minimum atomic E-state index is -5.08. The Bertz CT molecular complexity index is 1180. The van der Waals surface area contributed by atoms with Gasteiger partial charge in [0.15, 0.2) is 0 Å². The molecular weight excluding hydrogens is 578 g/mol. The summed E-state index contributed by atoms with van der Waals surface area (Å²) in [6.45, 7) is 0.135. The van der Waals surface area contributed by atoms with Gasteiger partial charge in [-0.2, -0.15) is 26.3 Å². The van der Waals surface area contributed by atoms with E-state index in [1.807, 2.05) is 30.3 Å². The number of carboxylic acids is 3. The number of carbonyl (C=O) groups is 5. The first-order valence-electron chi connectivity index (χ1n) is 10.8. The second-order valence-corrected chi connectivity index (χ2v) is 7.54. The van der Waals surface area contributed by atoms with Crippen molar-refractivity contribution in [1.82, 2.24) is 15.6 Å². The molecule has 0 saturated heterocycles. The van der Waals surface area contributed by atoms with E-state index in [1.54, 1.807) is 6.20 Å². The number of fused-ring (bicyclic) bond motifs is 1. The van der Waals surface area contributed by atoms with Crippen LogP contribution in [0, 0.1) is 0 Å². The van der Waals surface area contributed by atoms with Gasteiger partial charge in [0.05, 0.1) is 24.6 Å². The summed E-state index contributed by atoms with van der Waals surface area (Å²) >= 11 is 0. The van der Waals surface area contributed by atoms with Crippen LogP contribution in [0.2, 0.25) is 0 Å². The van der Waals surface area contributed by atoms with Crippen molar-refractivity contribution < 1.29 is 70.4 Å². The quantitative estimate of drug-likeness (QED) is 0.223. The fourth-order valence-corrected chi connectivity index (χ4v) is 2.52. The standard InChI is InChI=1S/C18H22N4O5.2C2HF3O2/c1-27-10-14(22-17(25)13(19)8-15(23)24)18(26)21-9-12-5-2-4-11-6-3-7-20-16(11)12;2*3-2(4,5)1(6)7/h2-7,13-14H,8-10,19H2,1H3,(H,21,26)(H,22,25)(H,23,24);2*(H,6,7)/t13-,14-;;/m0../s1. The summed E-state index contributed by atoms with van der Waals surface area (Å²) in [5, 5.41) is 29.1. The van der Waals surface area contributed by atoms with Gasteiger partial charge in [-0.15, -0.1) is 0 Å². The van der Waals surface area contributed by atoms with Crippen molar-refractivity contribution in [2.45, 2.75) is 37.4 Å². The SMILES string of the molecule is COC[C@H](NC(=O)[C@@H](N)CC(=O)O)C(=O)NCc1cccc2cccnc12.O=C(O)C(F)(F)F.O=C(O)C(F)(F)F. The van der Waals surface area contributed by atoms with Crippen molar-refractivity contribution in [3.05, 3.63) is 42.1 Å². The molecule has 1 aromatic carbocycles. The number of hydrogen-bond acceptors (Lipinski definition) is 8. The Morgan fingerprint density at radius 3 is 1.90 bits per heavy atom. The number of rotatable bonds is 9. The Balaban J connectivity index is 0.000000941. The number of para-hydroxylation sites is 1. The van der Waals surface area contributed by atoms with Crippen molar-refractivity contribution in [3.63, 3.8) is 0 Å². The van der Waals surface area contributed by atoms with Gasteiger partial charge in [0.1, 0.15) is 6.04 Å². The Morgan fingerprint density at radius 1 is 0.927 bits per heavy atom. The number of aromatic nitrogens is 1. The summed E-state index contributed by atoms with van der Waals surface area (Å²) in [6, 6.07) is 7.14. The minimum Gasteiger partial charge on any atom is -0.481 e. The predicted octanol–water partition coefficient (Wildman–Crippen LogP) is 1.05. The molecule has 0 aliphatic carbocycles. The molecular formula is C22H24F6N4O9. The first-order valence-corrected chi connectivity index (χ1v) is 10.8. The lowest BCUT2D eigenvalue weighted by Gasteiger charge is -2.19. The topological polar surface area (TPSA) is 218 Å². The van der Waals surface area contributed by atoms with Gasteiger partial charge in [-0.05, 0) is 11.6 Å². The molecule has 13 nitrogen and oxygen atoms in total. The molecule has 2 aromatic rings. The first-order chi connectivity index (χ1) is 18.8. The number of ether oxygens (including phenoxy) is 1. The van der Waals surface area contributed by atoms with E-state index < -0.39 is 60.6 Å². The molecule has 0 saturated carbocycles. The monoisotopic (exact) mass is 602 g/mol. The number of hydrogen-bond donors (Lipinski definition) is 6. The van der Waals surface area contributed by atoms with E-state index in [-0.39, 0.29) is 13.2 Å². The molecule has 19 heteroatoms. The number of benzene rings is 1. The molecule has 0 radical (unpaired) electrons. The van der Waals surface area contributed by atoms with Crippen molar-refractivity contribution >= 4 is 40.6 Å². The molecule has 2 atom stereocenters. The lowest BCUT2D eigenvalue weighted by Crippen LogP contribution is -2.53. The third-order valence-corrected chi connectivity index (χ3v) is 4.35. The Morgan fingerprint density at radius 2 is 1.44 bits per heavy atom. The normalized spacial score (nSPS) is 12.4. The van der Waals surface area contributed by atoms with Crippen molar-refractivity contribution in [3.8, 4) is 0 Å². The average molecular weight is 602 g/mol. The molecule has 1 heterocycles. The third-order valence-electron chi connectivity index (χ3n) is 4.35. The molecule has 0 fully saturated rings. The molecule has 0 unspecified atom stereocenters. The van der Waals surface area contributed by atoms with Crippen LogP contribution in [0.1, 0.15) is 12.0 Å². The van der Waals surface area contributed by atoms with E-state index in [1.165, 1.54) is 7.11 Å². The van der Waals surface area contributed by atoms with Gasteiger partial charge in [0.25, 0.3) is 0 Å². The summed E-state index contributed by atoms with van der Waals surface area (Å²) in [4.78, 5) is 57.2. The zero-order chi connectivity index (χ0) is 32.0. The molecule has 0 bridgehead atoms. The highest BCUT2D eigenvalue weighted by atomic mass is 19.4. The van der Waals surface area contributed by atoms with Gasteiger partial charge in [-0.25, -0.2) is 9.59 Å². The molecule has 41 heavy (non-hydrogen) atoms. The van der Waals surface area contributed by atoms with E-state index in [9.17, 15) is 40.7 Å². The van der Waals surface area contributed by atoms with Gasteiger partial charge in [-0.1, -0.05) is 24.3 Å². The number of pyridine rings is 1. The number of aliphatic carboxylic acids is 3. The fourth-order valence-electron chi connectivity index (χ4n) is 2.52. The maximum absolute atomic E-state index is 12.4. The van der Waals surface area contributed by atoms with Gasteiger partial charge >= 0.3 is 30.3 Å². The lowest BCUT2D eigenvalue weighted by molar-refractivity contribution is -0.193. The summed E-state index contributed by atoms with van der Waals surface area (Å²) in [5.41, 5.74) is 7.12. The van der Waals surface area contributed by atoms with Crippen LogP contribution in [0.25, 0.3) is 10.9 Å². The molecule has 0 spiro atoms. The van der Waals surface area contributed by atoms with Gasteiger partial charge in [0.2, 0.25) is 11.8 Å². The van der Waals surface area contributed by atoms with Gasteiger partial charge < -0.3 is 36.4 Å². The van der Waals surface area contributed by atoms with Crippen molar-refractivity contribution in [2.75, 3.05) is 13.7 Å². The maximum Gasteiger partial charge on any atom is 0.490 e. The van der Waals surface area contributed by atoms with E-state index >= 15 is 0 Å². The number of methoxy groups -OCH3 is 1. The maximum atomic E-state index is 12.4. The van der Waals surface area contributed by atoms with Crippen LogP contribution >= 0.6 is 0 Å². The Kier molecular flexibility index (Phi) is 14.7. The highest BCUT2D eigenvalue weighted by molar-refractivity contribution is 5.91. The molecule has 0 aliphatic heterocycles. The summed E-state index contributed by atoms with van der Waals surface area (Å²) in [7, 11) is 1.39. The number of carbonyl (C=O) groups excluding carboxylic acids is 2. The molecule has 7 N–H and O–H groups in total. The van der Waals surface area contributed by atoms with Crippen LogP contribution < -0.4 is 16.4 Å². The second-order valence-electron chi connectivity index (χ2n) is 7.54. The van der Waals surface area contributed by atoms with Crippen LogP contribution in [0.15, 0.2) is 36.5 Å². The second kappa shape index (κ2) is 16.6. The number of nitrogens with one attached hydrogen (secondary N) is 2. The van der Waals surface area contributed by atoms with Crippen LogP contribution in [-0.2, 0) is 35.3 Å². The van der Waals surface area contributed by atoms with Gasteiger partial charge in [-0.3, -0.25) is 19.4 Å². The molecule has 0 aliphatic rings. The minimum absolute atomic E-state index is 0.0782. The van der Waals surface area contributed by atoms with E-state index in [0.29, 0.717) is 0 Å². The van der Waals surface area contributed by atoms with Crippen LogP contribution in [0.4, 0.5) is 26.3 Å². The van der Waals surface area contributed by atoms with Crippen molar-refractivity contribution in [1.29, 1.82) is 0 Å². The molecule has 2 amide bonds. The Hall–Kier alpha value is -4.52. The number of amides is 2. The number of alkyl halides is 6. The Labute approximate surface area is 226 Å². The van der Waals surface area contributed by atoms with Crippen LogP contribution in [-0.4, -0.2) is 88.2 Å². The highest BCUT2D eigenvalue weighted by Gasteiger charge is 2.38. The molecule has 228 valence electrons. The zero-order valence-corrected chi connectivity index (χ0v) is 20.8. The molecule has 2 rings (SSSR count). The first kappa shape index (κ1) is 36.5. The van der Waals surface area contributed by atoms with E-state index in [0.717, 1.165) is 16.5 Å². The largest absolute Gasteiger partial charge is 0.490 e. The van der Waals surface area contributed by atoms with Crippen LogP contribution in [0.3, 0.4) is 0 Å².